The number of aliphatic hydroxyl groups excluding tert-OH is 1. The second-order valence-electron chi connectivity index (χ2n) is 4.67. The topological polar surface area (TPSA) is 84.4 Å². The van der Waals surface area contributed by atoms with Crippen molar-refractivity contribution in [1.82, 2.24) is 14.5 Å². The van der Waals surface area contributed by atoms with E-state index in [1.807, 2.05) is 0 Å². The van der Waals surface area contributed by atoms with Crippen LogP contribution in [0.2, 0.25) is 0 Å². The van der Waals surface area contributed by atoms with Gasteiger partial charge in [-0.05, 0) is 24.3 Å². The number of nitrogens with zero attached hydrogens (tertiary/aromatic N) is 4. The number of nitro groups is 1. The molecular weight excluding hydrogens is 236 g/mol. The Labute approximate surface area is 105 Å². The second-order valence-corrected chi connectivity index (χ2v) is 4.67. The molecule has 1 aromatic heterocycles. The van der Waals surface area contributed by atoms with Gasteiger partial charge in [-0.25, -0.2) is 9.55 Å². The third-order valence-electron chi connectivity index (χ3n) is 3.34. The first-order valence-corrected chi connectivity index (χ1v) is 6.15. The van der Waals surface area contributed by atoms with E-state index in [1.165, 1.54) is 6.20 Å². The molecule has 0 radical (unpaired) electrons. The largest absolute Gasteiger partial charge is 0.392 e. The highest BCUT2D eigenvalue weighted by Crippen LogP contribution is 2.15. The van der Waals surface area contributed by atoms with E-state index in [0.717, 1.165) is 19.4 Å². The monoisotopic (exact) mass is 254 g/mol. The predicted molar refractivity (Wildman–Crippen MR) is 65.3 cm³/mol. The van der Waals surface area contributed by atoms with E-state index in [0.29, 0.717) is 25.5 Å². The van der Waals surface area contributed by atoms with Crippen molar-refractivity contribution in [3.8, 4) is 0 Å². The minimum absolute atomic E-state index is 0.0325. The van der Waals surface area contributed by atoms with Crippen molar-refractivity contribution in [2.24, 2.45) is 0 Å². The van der Waals surface area contributed by atoms with Crippen LogP contribution in [0.15, 0.2) is 6.20 Å². The van der Waals surface area contributed by atoms with Gasteiger partial charge in [0.1, 0.15) is 12.7 Å². The van der Waals surface area contributed by atoms with Gasteiger partial charge in [0.2, 0.25) is 0 Å². The van der Waals surface area contributed by atoms with E-state index in [-0.39, 0.29) is 11.9 Å². The van der Waals surface area contributed by atoms with Crippen LogP contribution in [0.3, 0.4) is 0 Å². The summed E-state index contributed by atoms with van der Waals surface area (Å²) in [5, 5.41) is 20.4. The summed E-state index contributed by atoms with van der Waals surface area (Å²) < 4.78 is 1.61. The lowest BCUT2D eigenvalue weighted by Gasteiger charge is -2.29. The molecule has 7 nitrogen and oxygen atoms in total. The molecule has 0 amide bonds. The molecule has 1 atom stereocenters. The van der Waals surface area contributed by atoms with Crippen LogP contribution in [0, 0.1) is 17.0 Å². The highest BCUT2D eigenvalue weighted by atomic mass is 16.6. The number of piperidine rings is 1. The Morgan fingerprint density at radius 2 is 2.39 bits per heavy atom. The summed E-state index contributed by atoms with van der Waals surface area (Å²) in [5.74, 6) is 0.685. The summed E-state index contributed by atoms with van der Waals surface area (Å²) in [5.41, 5.74) is 0. The van der Waals surface area contributed by atoms with Crippen LogP contribution in [-0.4, -0.2) is 50.2 Å². The molecule has 1 saturated heterocycles. The lowest BCUT2D eigenvalue weighted by Crippen LogP contribution is -2.39. The summed E-state index contributed by atoms with van der Waals surface area (Å²) in [6.45, 7) is 4.60. The molecule has 2 rings (SSSR count). The van der Waals surface area contributed by atoms with Crippen LogP contribution < -0.4 is 0 Å². The van der Waals surface area contributed by atoms with Gasteiger partial charge in [0.25, 0.3) is 0 Å². The van der Waals surface area contributed by atoms with Crippen LogP contribution in [-0.2, 0) is 6.54 Å². The molecule has 0 aliphatic carbocycles. The molecule has 7 heteroatoms. The molecule has 2 heterocycles. The maximum Gasteiger partial charge on any atom is 0.342 e. The van der Waals surface area contributed by atoms with Gasteiger partial charge >= 0.3 is 5.82 Å². The fourth-order valence-electron chi connectivity index (χ4n) is 2.35. The average Bonchev–Trinajstić information content (AvgIpc) is 2.68. The van der Waals surface area contributed by atoms with Crippen molar-refractivity contribution in [2.75, 3.05) is 19.6 Å². The number of rotatable bonds is 4. The number of aliphatic hydroxyl groups is 1. The number of hydrogen-bond acceptors (Lipinski definition) is 5. The van der Waals surface area contributed by atoms with Crippen molar-refractivity contribution in [2.45, 2.75) is 32.4 Å². The van der Waals surface area contributed by atoms with E-state index < -0.39 is 4.92 Å². The molecule has 1 N–H and O–H groups in total. The van der Waals surface area contributed by atoms with Crippen molar-refractivity contribution in [1.29, 1.82) is 0 Å². The maximum atomic E-state index is 10.8. The van der Waals surface area contributed by atoms with Gasteiger partial charge in [0, 0.05) is 20.0 Å². The van der Waals surface area contributed by atoms with Crippen LogP contribution >= 0.6 is 0 Å². The first-order chi connectivity index (χ1) is 8.58. The third kappa shape index (κ3) is 2.85. The predicted octanol–water partition coefficient (Wildman–Crippen LogP) is 0.556. The van der Waals surface area contributed by atoms with E-state index in [9.17, 15) is 15.2 Å². The number of hydrogen-bond donors (Lipinski definition) is 1. The van der Waals surface area contributed by atoms with Gasteiger partial charge in [-0.1, -0.05) is 0 Å². The zero-order valence-corrected chi connectivity index (χ0v) is 10.4. The van der Waals surface area contributed by atoms with Gasteiger partial charge in [0.05, 0.1) is 6.10 Å². The molecule has 0 saturated carbocycles. The highest BCUT2D eigenvalue weighted by molar-refractivity contribution is 5.18. The van der Waals surface area contributed by atoms with Gasteiger partial charge in [-0.2, -0.15) is 0 Å². The molecule has 18 heavy (non-hydrogen) atoms. The Hall–Kier alpha value is -1.47. The number of β-amino-alcohol motifs (C(OH)–C–C–N with tert-alkyl or cyclic N) is 1. The zero-order valence-electron chi connectivity index (χ0n) is 10.4. The number of likely N-dealkylation sites (tertiary alicyclic amines) is 1. The molecule has 100 valence electrons. The van der Waals surface area contributed by atoms with Crippen LogP contribution in [0.25, 0.3) is 0 Å². The summed E-state index contributed by atoms with van der Waals surface area (Å²) in [6.07, 6.45) is 2.85. The number of aryl methyl sites for hydroxylation is 1. The Kier molecular flexibility index (Phi) is 3.93. The van der Waals surface area contributed by atoms with Crippen molar-refractivity contribution < 1.29 is 10.0 Å². The molecule has 1 fully saturated rings. The third-order valence-corrected chi connectivity index (χ3v) is 3.34. The van der Waals surface area contributed by atoms with Gasteiger partial charge in [-0.15, -0.1) is 0 Å². The Bertz CT molecular complexity index is 432. The van der Waals surface area contributed by atoms with Crippen LogP contribution in [0.4, 0.5) is 5.82 Å². The summed E-state index contributed by atoms with van der Waals surface area (Å²) in [6, 6.07) is 0. The standard InChI is InChI=1S/C11H18N4O3/c1-9-12-7-11(15(17)18)14(9)6-5-13-4-2-3-10(16)8-13/h7,10,16H,2-6,8H2,1H3/t10-/m0/s1. The molecule has 0 spiro atoms. The number of imidazole rings is 1. The number of aromatic nitrogens is 2. The van der Waals surface area contributed by atoms with Crippen LogP contribution in [0.1, 0.15) is 18.7 Å². The lowest BCUT2D eigenvalue weighted by molar-refractivity contribution is -0.392. The minimum atomic E-state index is -0.412. The SMILES string of the molecule is Cc1ncc([N+](=O)[O-])n1CCN1CCC[C@H](O)C1. The molecule has 1 aliphatic heterocycles. The maximum absolute atomic E-state index is 10.8. The normalized spacial score (nSPS) is 21.1. The molecule has 1 aliphatic rings. The molecule has 0 aromatic carbocycles. The van der Waals surface area contributed by atoms with Gasteiger partial charge in [-0.3, -0.25) is 4.90 Å². The smallest absolute Gasteiger partial charge is 0.342 e. The van der Waals surface area contributed by atoms with E-state index in [2.05, 4.69) is 9.88 Å². The Balaban J connectivity index is 1.97. The highest BCUT2D eigenvalue weighted by Gasteiger charge is 2.21. The Morgan fingerprint density at radius 3 is 3.06 bits per heavy atom. The van der Waals surface area contributed by atoms with Gasteiger partial charge in [0.15, 0.2) is 5.82 Å². The lowest BCUT2D eigenvalue weighted by atomic mass is 10.1. The van der Waals surface area contributed by atoms with Crippen molar-refractivity contribution in [3.63, 3.8) is 0 Å². The summed E-state index contributed by atoms with van der Waals surface area (Å²) in [4.78, 5) is 16.5. The second kappa shape index (κ2) is 5.45. The zero-order chi connectivity index (χ0) is 13.1. The molecular formula is C11H18N4O3. The van der Waals surface area contributed by atoms with E-state index in [4.69, 9.17) is 0 Å². The summed E-state index contributed by atoms with van der Waals surface area (Å²) >= 11 is 0. The van der Waals surface area contributed by atoms with Gasteiger partial charge < -0.3 is 15.2 Å². The van der Waals surface area contributed by atoms with E-state index in [1.54, 1.807) is 11.5 Å². The molecule has 1 aromatic rings. The quantitative estimate of drug-likeness (QED) is 0.626. The van der Waals surface area contributed by atoms with Crippen molar-refractivity contribution in [3.05, 3.63) is 22.1 Å². The molecule has 0 unspecified atom stereocenters. The fraction of sp³-hybridized carbons (Fsp3) is 0.727. The first kappa shape index (κ1) is 13.0. The molecule has 0 bridgehead atoms. The minimum Gasteiger partial charge on any atom is -0.392 e. The average molecular weight is 254 g/mol. The Morgan fingerprint density at radius 1 is 1.61 bits per heavy atom. The first-order valence-electron chi connectivity index (χ1n) is 6.15. The van der Waals surface area contributed by atoms with E-state index >= 15 is 0 Å². The fourth-order valence-corrected chi connectivity index (χ4v) is 2.35. The van der Waals surface area contributed by atoms with Crippen LogP contribution in [0.5, 0.6) is 0 Å². The van der Waals surface area contributed by atoms with Crippen molar-refractivity contribution >= 4 is 5.82 Å². The summed E-state index contributed by atoms with van der Waals surface area (Å²) in [7, 11) is 0.